The first-order valence-corrected chi connectivity index (χ1v) is 8.92. The van der Waals surface area contributed by atoms with Crippen LogP contribution in [0.1, 0.15) is 11.4 Å². The number of rotatable bonds is 5. The highest BCUT2D eigenvalue weighted by molar-refractivity contribution is 6.30. The molecular formula is C18H19ClN8. The molecule has 3 heterocycles. The fourth-order valence-electron chi connectivity index (χ4n) is 2.94. The zero-order valence-corrected chi connectivity index (χ0v) is 15.8. The summed E-state index contributed by atoms with van der Waals surface area (Å²) in [5.41, 5.74) is 9.82. The molecule has 0 bridgehead atoms. The third-order valence-corrected chi connectivity index (χ3v) is 4.38. The molecule has 0 aliphatic heterocycles. The average Bonchev–Trinajstić information content (AvgIpc) is 3.19. The summed E-state index contributed by atoms with van der Waals surface area (Å²) in [5, 5.41) is 8.45. The van der Waals surface area contributed by atoms with E-state index in [9.17, 15) is 0 Å². The van der Waals surface area contributed by atoms with Crippen molar-refractivity contribution in [2.24, 2.45) is 5.73 Å². The zero-order chi connectivity index (χ0) is 19.0. The lowest BCUT2D eigenvalue weighted by molar-refractivity contribution is 0.721. The van der Waals surface area contributed by atoms with Gasteiger partial charge in [-0.05, 0) is 44.2 Å². The number of anilines is 2. The van der Waals surface area contributed by atoms with Crippen molar-refractivity contribution in [3.63, 3.8) is 0 Å². The maximum Gasteiger partial charge on any atom is 0.231 e. The lowest BCUT2D eigenvalue weighted by atomic mass is 10.3. The Labute approximate surface area is 161 Å². The van der Waals surface area contributed by atoms with Gasteiger partial charge in [-0.1, -0.05) is 11.6 Å². The van der Waals surface area contributed by atoms with E-state index in [4.69, 9.17) is 17.3 Å². The first kappa shape index (κ1) is 17.4. The van der Waals surface area contributed by atoms with E-state index < -0.39 is 0 Å². The Hall–Kier alpha value is -2.97. The van der Waals surface area contributed by atoms with Gasteiger partial charge in [-0.15, -0.1) is 0 Å². The second-order valence-corrected chi connectivity index (χ2v) is 6.68. The highest BCUT2D eigenvalue weighted by Gasteiger charge is 2.17. The van der Waals surface area contributed by atoms with Crippen molar-refractivity contribution in [2.75, 3.05) is 11.9 Å². The summed E-state index contributed by atoms with van der Waals surface area (Å²) >= 11 is 5.96. The molecule has 8 nitrogen and oxygen atoms in total. The second kappa shape index (κ2) is 6.98. The number of nitrogens with zero attached hydrogens (tertiary/aromatic N) is 6. The molecule has 9 heteroatoms. The minimum atomic E-state index is 0.450. The molecule has 0 aliphatic carbocycles. The van der Waals surface area contributed by atoms with E-state index >= 15 is 0 Å². The number of fused-ring (bicyclic) bond motifs is 1. The van der Waals surface area contributed by atoms with Crippen LogP contribution in [0.4, 0.5) is 11.6 Å². The van der Waals surface area contributed by atoms with E-state index in [1.807, 2.05) is 48.7 Å². The number of imidazole rings is 1. The van der Waals surface area contributed by atoms with E-state index in [-0.39, 0.29) is 0 Å². The Morgan fingerprint density at radius 1 is 1.15 bits per heavy atom. The number of halogens is 1. The van der Waals surface area contributed by atoms with Crippen LogP contribution in [-0.2, 0) is 6.54 Å². The van der Waals surface area contributed by atoms with Crippen LogP contribution in [0.3, 0.4) is 0 Å². The molecule has 0 radical (unpaired) electrons. The molecule has 27 heavy (non-hydrogen) atoms. The molecule has 4 aromatic rings. The van der Waals surface area contributed by atoms with Gasteiger partial charge < -0.3 is 15.6 Å². The highest BCUT2D eigenvalue weighted by atomic mass is 35.5. The number of hydrogen-bond donors (Lipinski definition) is 2. The van der Waals surface area contributed by atoms with Crippen molar-refractivity contribution < 1.29 is 0 Å². The number of benzene rings is 1. The Balaban J connectivity index is 1.87. The predicted molar refractivity (Wildman–Crippen MR) is 106 cm³/mol. The number of nitrogens with one attached hydrogen (secondary N) is 1. The van der Waals surface area contributed by atoms with Crippen molar-refractivity contribution in [3.05, 3.63) is 53.1 Å². The van der Waals surface area contributed by atoms with Crippen molar-refractivity contribution in [3.8, 4) is 5.82 Å². The fourth-order valence-corrected chi connectivity index (χ4v) is 3.07. The van der Waals surface area contributed by atoms with Gasteiger partial charge >= 0.3 is 0 Å². The zero-order valence-electron chi connectivity index (χ0n) is 15.0. The first-order chi connectivity index (χ1) is 13.0. The third-order valence-electron chi connectivity index (χ3n) is 4.13. The molecule has 0 spiro atoms. The van der Waals surface area contributed by atoms with Gasteiger partial charge in [0, 0.05) is 29.5 Å². The Bertz CT molecular complexity index is 1100. The molecule has 0 fully saturated rings. The molecule has 0 aliphatic rings. The summed E-state index contributed by atoms with van der Waals surface area (Å²) in [4.78, 5) is 13.8. The summed E-state index contributed by atoms with van der Waals surface area (Å²) in [6.45, 7) is 5.04. The highest BCUT2D eigenvalue weighted by Crippen LogP contribution is 2.23. The molecular weight excluding hydrogens is 364 g/mol. The monoisotopic (exact) mass is 382 g/mol. The fraction of sp³-hybridized carbons (Fsp3) is 0.222. The van der Waals surface area contributed by atoms with Gasteiger partial charge in [0.05, 0.1) is 12.0 Å². The van der Waals surface area contributed by atoms with E-state index in [0.29, 0.717) is 41.0 Å². The van der Waals surface area contributed by atoms with Crippen LogP contribution in [0.5, 0.6) is 0 Å². The van der Waals surface area contributed by atoms with Crippen molar-refractivity contribution in [1.82, 2.24) is 29.3 Å². The van der Waals surface area contributed by atoms with Gasteiger partial charge in [-0.25, -0.2) is 9.67 Å². The van der Waals surface area contributed by atoms with Crippen molar-refractivity contribution in [1.29, 1.82) is 0 Å². The number of hydrogen-bond acceptors (Lipinski definition) is 6. The van der Waals surface area contributed by atoms with Crippen LogP contribution in [0.2, 0.25) is 5.02 Å². The first-order valence-electron chi connectivity index (χ1n) is 8.54. The van der Waals surface area contributed by atoms with E-state index in [0.717, 1.165) is 17.1 Å². The molecule has 138 valence electrons. The van der Waals surface area contributed by atoms with Crippen LogP contribution in [-0.4, -0.2) is 35.8 Å². The van der Waals surface area contributed by atoms with Gasteiger partial charge in [-0.2, -0.15) is 15.1 Å². The lowest BCUT2D eigenvalue weighted by Gasteiger charge is -2.10. The number of aromatic nitrogens is 6. The summed E-state index contributed by atoms with van der Waals surface area (Å²) < 4.78 is 3.70. The van der Waals surface area contributed by atoms with Gasteiger partial charge in [0.2, 0.25) is 5.95 Å². The van der Waals surface area contributed by atoms with Crippen molar-refractivity contribution >= 4 is 34.4 Å². The quantitative estimate of drug-likeness (QED) is 0.550. The minimum Gasteiger partial charge on any atom is -0.329 e. The van der Waals surface area contributed by atoms with Gasteiger partial charge in [-0.3, -0.25) is 0 Å². The Kier molecular flexibility index (Phi) is 4.51. The van der Waals surface area contributed by atoms with E-state index in [2.05, 4.69) is 25.4 Å². The smallest absolute Gasteiger partial charge is 0.231 e. The summed E-state index contributed by atoms with van der Waals surface area (Å²) in [7, 11) is 0. The maximum absolute atomic E-state index is 5.96. The molecule has 3 aromatic heterocycles. The molecule has 0 atom stereocenters. The van der Waals surface area contributed by atoms with Gasteiger partial charge in [0.15, 0.2) is 17.0 Å². The van der Waals surface area contributed by atoms with Crippen LogP contribution in [0, 0.1) is 13.8 Å². The van der Waals surface area contributed by atoms with Crippen LogP contribution >= 0.6 is 11.6 Å². The number of aryl methyl sites for hydroxylation is 2. The molecule has 0 unspecified atom stereocenters. The normalized spacial score (nSPS) is 11.3. The predicted octanol–water partition coefficient (Wildman–Crippen LogP) is 2.98. The topological polar surface area (TPSA) is 99.5 Å². The molecule has 4 rings (SSSR count). The number of nitrogens with two attached hydrogens (primary N) is 1. The maximum atomic E-state index is 5.96. The molecule has 0 saturated heterocycles. The summed E-state index contributed by atoms with van der Waals surface area (Å²) in [5.74, 6) is 1.07. The SMILES string of the molecule is Cc1cc(C)n(-c2nc(Nc3ccc(Cl)cc3)nc3c2ncn3CCN)n1. The van der Waals surface area contributed by atoms with Crippen molar-refractivity contribution in [2.45, 2.75) is 20.4 Å². The van der Waals surface area contributed by atoms with E-state index in [1.165, 1.54) is 0 Å². The Morgan fingerprint density at radius 2 is 1.93 bits per heavy atom. The molecule has 3 N–H and O–H groups in total. The summed E-state index contributed by atoms with van der Waals surface area (Å²) in [6, 6.07) is 9.36. The second-order valence-electron chi connectivity index (χ2n) is 6.24. The van der Waals surface area contributed by atoms with Crippen LogP contribution in [0.15, 0.2) is 36.7 Å². The third kappa shape index (κ3) is 3.36. The lowest BCUT2D eigenvalue weighted by Crippen LogP contribution is -2.11. The van der Waals surface area contributed by atoms with Gasteiger partial charge in [0.1, 0.15) is 0 Å². The minimum absolute atomic E-state index is 0.450. The largest absolute Gasteiger partial charge is 0.329 e. The standard InChI is InChI=1S/C18H19ClN8/c1-11-9-12(2)27(25-11)17-15-16(26(8-7-20)10-21-15)23-18(24-17)22-14-5-3-13(19)4-6-14/h3-6,9-10H,7-8,20H2,1-2H3,(H,22,23,24). The Morgan fingerprint density at radius 3 is 2.59 bits per heavy atom. The average molecular weight is 383 g/mol. The molecule has 1 aromatic carbocycles. The van der Waals surface area contributed by atoms with Crippen LogP contribution in [0.25, 0.3) is 17.0 Å². The van der Waals surface area contributed by atoms with Gasteiger partial charge in [0.25, 0.3) is 0 Å². The molecule has 0 saturated carbocycles. The van der Waals surface area contributed by atoms with E-state index in [1.54, 1.807) is 11.0 Å². The van der Waals surface area contributed by atoms with Crippen LogP contribution < -0.4 is 11.1 Å². The summed E-state index contributed by atoms with van der Waals surface area (Å²) in [6.07, 6.45) is 1.73. The molecule has 0 amide bonds.